The Morgan fingerprint density at radius 1 is 1.30 bits per heavy atom. The molecule has 3 heterocycles. The van der Waals surface area contributed by atoms with Gasteiger partial charge in [0.15, 0.2) is 0 Å². The van der Waals surface area contributed by atoms with Gasteiger partial charge in [-0.1, -0.05) is 12.1 Å². The number of aliphatic hydroxyl groups excluding tert-OH is 2. The second-order valence-electron chi connectivity index (χ2n) is 6.80. The van der Waals surface area contributed by atoms with E-state index in [1.165, 1.54) is 20.9 Å². The minimum Gasteiger partial charge on any atom is -0.395 e. The summed E-state index contributed by atoms with van der Waals surface area (Å²) >= 11 is 1.35. The first kappa shape index (κ1) is 19.8. The number of aromatic nitrogens is 5. The van der Waals surface area contributed by atoms with Crippen molar-refractivity contribution in [1.82, 2.24) is 24.1 Å². The molecule has 0 radical (unpaired) electrons. The highest BCUT2D eigenvalue weighted by Gasteiger charge is 2.35. The van der Waals surface area contributed by atoms with E-state index in [9.17, 15) is 19.8 Å². The lowest BCUT2D eigenvalue weighted by Gasteiger charge is -2.16. The second-order valence-corrected chi connectivity index (χ2v) is 8.22. The van der Waals surface area contributed by atoms with Gasteiger partial charge in [-0.2, -0.15) is 0 Å². The first-order valence-electron chi connectivity index (χ1n) is 9.10. The molecule has 0 bridgehead atoms. The highest BCUT2D eigenvalue weighted by atomic mass is 32.2. The van der Waals surface area contributed by atoms with Gasteiger partial charge in [0.2, 0.25) is 0 Å². The van der Waals surface area contributed by atoms with Crippen LogP contribution in [0, 0.1) is 6.92 Å². The average Bonchev–Trinajstić information content (AvgIpc) is 3.24. The van der Waals surface area contributed by atoms with Gasteiger partial charge in [-0.3, -0.25) is 18.6 Å². The molecule has 0 spiro atoms. The van der Waals surface area contributed by atoms with Crippen molar-refractivity contribution in [3.05, 3.63) is 44.5 Å². The number of hydrogen-bond donors (Lipinski definition) is 2. The van der Waals surface area contributed by atoms with Crippen LogP contribution < -0.4 is 11.2 Å². The number of thioether (sulfide) groups is 1. The lowest BCUT2D eigenvalue weighted by atomic mass is 10.2. The molecule has 1 saturated heterocycles. The molecule has 2 N–H and O–H groups in total. The molecule has 0 aliphatic carbocycles. The fourth-order valence-corrected chi connectivity index (χ4v) is 4.60. The third-order valence-corrected chi connectivity index (χ3v) is 6.24. The molecule has 10 heteroatoms. The summed E-state index contributed by atoms with van der Waals surface area (Å²) in [7, 11) is 0. The van der Waals surface area contributed by atoms with Gasteiger partial charge in [0.25, 0.3) is 5.56 Å². The Morgan fingerprint density at radius 3 is 2.74 bits per heavy atom. The summed E-state index contributed by atoms with van der Waals surface area (Å²) < 4.78 is 4.46. The topological polar surface area (TPSA) is 115 Å². The molecule has 0 saturated carbocycles. The molecular weight excluding hydrogens is 370 g/mol. The van der Waals surface area contributed by atoms with Crippen molar-refractivity contribution < 1.29 is 10.2 Å². The van der Waals surface area contributed by atoms with Crippen LogP contribution in [0.1, 0.15) is 36.4 Å². The van der Waals surface area contributed by atoms with Crippen molar-refractivity contribution in [3.8, 4) is 0 Å². The van der Waals surface area contributed by atoms with Gasteiger partial charge < -0.3 is 10.2 Å². The van der Waals surface area contributed by atoms with Gasteiger partial charge in [-0.05, 0) is 13.3 Å². The van der Waals surface area contributed by atoms with Gasteiger partial charge in [-0.25, -0.2) is 4.79 Å². The predicted molar refractivity (Wildman–Crippen MR) is 102 cm³/mol. The largest absolute Gasteiger partial charge is 0.395 e. The summed E-state index contributed by atoms with van der Waals surface area (Å²) in [5.41, 5.74) is 0.467. The Kier molecular flexibility index (Phi) is 6.18. The Morgan fingerprint density at radius 2 is 2.07 bits per heavy atom. The fraction of sp³-hybridized carbons (Fsp3) is 0.647. The van der Waals surface area contributed by atoms with Crippen LogP contribution in [0.4, 0.5) is 0 Å². The monoisotopic (exact) mass is 395 g/mol. The molecule has 3 rings (SSSR count). The van der Waals surface area contributed by atoms with E-state index < -0.39 is 11.8 Å². The Balaban J connectivity index is 1.83. The van der Waals surface area contributed by atoms with E-state index in [1.807, 2.05) is 6.20 Å². The number of nitrogens with zero attached hydrogens (tertiary/aromatic N) is 5. The van der Waals surface area contributed by atoms with Crippen molar-refractivity contribution >= 4 is 11.8 Å². The van der Waals surface area contributed by atoms with E-state index in [2.05, 4.69) is 17.2 Å². The average molecular weight is 395 g/mol. The summed E-state index contributed by atoms with van der Waals surface area (Å²) in [4.78, 5) is 25.4. The van der Waals surface area contributed by atoms with Crippen molar-refractivity contribution in [2.24, 2.45) is 0 Å². The van der Waals surface area contributed by atoms with Crippen LogP contribution in [0.2, 0.25) is 0 Å². The third kappa shape index (κ3) is 4.17. The van der Waals surface area contributed by atoms with Crippen LogP contribution in [0.25, 0.3) is 0 Å². The lowest BCUT2D eigenvalue weighted by Crippen LogP contribution is -2.41. The Labute approximate surface area is 160 Å². The van der Waals surface area contributed by atoms with Crippen molar-refractivity contribution in [2.45, 2.75) is 62.9 Å². The smallest absolute Gasteiger partial charge is 0.331 e. The number of rotatable bonds is 7. The van der Waals surface area contributed by atoms with Gasteiger partial charge in [0.05, 0.1) is 29.0 Å². The standard InChI is InChI=1S/C17H25N5O4S/c1-3-5-20-9-12(18-19-20)4-6-21-16(25)11(2)8-22(17(21)26)15-7-13(24)14(10-23)27-15/h8-9,13-15,23-24H,3-7,10H2,1-2H3/t13?,14-,15?/m1/s1. The maximum atomic E-state index is 12.9. The number of aliphatic hydroxyl groups is 2. The van der Waals surface area contributed by atoms with E-state index in [4.69, 9.17) is 0 Å². The Hall–Kier alpha value is -1.91. The molecule has 2 aromatic rings. The summed E-state index contributed by atoms with van der Waals surface area (Å²) in [6, 6.07) is 0. The van der Waals surface area contributed by atoms with Crippen molar-refractivity contribution in [3.63, 3.8) is 0 Å². The Bertz CT molecular complexity index is 905. The van der Waals surface area contributed by atoms with E-state index in [0.717, 1.165) is 18.7 Å². The van der Waals surface area contributed by atoms with Crippen molar-refractivity contribution in [1.29, 1.82) is 0 Å². The third-order valence-electron chi connectivity index (χ3n) is 4.69. The maximum absolute atomic E-state index is 12.9. The van der Waals surface area contributed by atoms with Crippen LogP contribution in [0.3, 0.4) is 0 Å². The molecule has 27 heavy (non-hydrogen) atoms. The maximum Gasteiger partial charge on any atom is 0.331 e. The summed E-state index contributed by atoms with van der Waals surface area (Å²) in [5.74, 6) is 0. The molecule has 1 aliphatic rings. The van der Waals surface area contributed by atoms with Crippen LogP contribution in [0.5, 0.6) is 0 Å². The molecule has 9 nitrogen and oxygen atoms in total. The molecule has 2 aromatic heterocycles. The van der Waals surface area contributed by atoms with Gasteiger partial charge >= 0.3 is 5.69 Å². The van der Waals surface area contributed by atoms with Gasteiger partial charge in [0, 0.05) is 43.9 Å². The molecule has 0 amide bonds. The zero-order chi connectivity index (χ0) is 19.6. The molecule has 0 aromatic carbocycles. The number of hydrogen-bond acceptors (Lipinski definition) is 7. The summed E-state index contributed by atoms with van der Waals surface area (Å²) in [5, 5.41) is 26.8. The SMILES string of the molecule is CCCn1cc(CCn2c(=O)c(C)cn(C3CC(O)[C@@H](CO)S3)c2=O)nn1. The minimum atomic E-state index is -0.675. The highest BCUT2D eigenvalue weighted by molar-refractivity contribution is 8.00. The first-order chi connectivity index (χ1) is 12.9. The van der Waals surface area contributed by atoms with Crippen LogP contribution in [0.15, 0.2) is 22.0 Å². The van der Waals surface area contributed by atoms with Crippen LogP contribution >= 0.6 is 11.8 Å². The van der Waals surface area contributed by atoms with E-state index in [-0.39, 0.29) is 29.3 Å². The van der Waals surface area contributed by atoms with E-state index in [1.54, 1.807) is 17.8 Å². The van der Waals surface area contributed by atoms with Crippen LogP contribution in [-0.4, -0.2) is 52.3 Å². The zero-order valence-electron chi connectivity index (χ0n) is 15.5. The molecule has 1 fully saturated rings. The summed E-state index contributed by atoms with van der Waals surface area (Å²) in [6.45, 7) is 4.56. The molecular formula is C17H25N5O4S. The summed E-state index contributed by atoms with van der Waals surface area (Å²) in [6.07, 6.45) is 4.44. The first-order valence-corrected chi connectivity index (χ1v) is 10.0. The molecule has 1 aliphatic heterocycles. The lowest BCUT2D eigenvalue weighted by molar-refractivity contribution is 0.137. The normalized spacial score (nSPS) is 22.4. The van der Waals surface area contributed by atoms with E-state index >= 15 is 0 Å². The number of aryl methyl sites for hydroxylation is 3. The van der Waals surface area contributed by atoms with E-state index in [0.29, 0.717) is 18.4 Å². The fourth-order valence-electron chi connectivity index (χ4n) is 3.23. The quantitative estimate of drug-likeness (QED) is 0.674. The van der Waals surface area contributed by atoms with Gasteiger partial charge in [-0.15, -0.1) is 16.9 Å². The van der Waals surface area contributed by atoms with Gasteiger partial charge in [0.1, 0.15) is 0 Å². The van der Waals surface area contributed by atoms with Crippen molar-refractivity contribution in [2.75, 3.05) is 6.61 Å². The molecule has 2 unspecified atom stereocenters. The minimum absolute atomic E-state index is 0.150. The zero-order valence-corrected chi connectivity index (χ0v) is 16.3. The highest BCUT2D eigenvalue weighted by Crippen LogP contribution is 2.40. The second kappa shape index (κ2) is 8.41. The van der Waals surface area contributed by atoms with Crippen LogP contribution in [-0.2, 0) is 19.5 Å². The molecule has 3 atom stereocenters. The predicted octanol–water partition coefficient (Wildman–Crippen LogP) is -0.0801. The molecule has 148 valence electrons.